The smallest absolute Gasteiger partial charge is 0.181 e. The molecule has 0 saturated heterocycles. The molecular weight excluding hydrogens is 280 g/mol. The third-order valence-corrected chi connectivity index (χ3v) is 3.47. The van der Waals surface area contributed by atoms with Crippen molar-refractivity contribution >= 4 is 15.9 Å². The van der Waals surface area contributed by atoms with Crippen LogP contribution in [-0.4, -0.2) is 20.8 Å². The van der Waals surface area contributed by atoms with Crippen molar-refractivity contribution in [1.82, 2.24) is 14.8 Å². The Morgan fingerprint density at radius 1 is 1.41 bits per heavy atom. The molecule has 0 amide bonds. The van der Waals surface area contributed by atoms with Crippen molar-refractivity contribution in [3.63, 3.8) is 0 Å². The van der Waals surface area contributed by atoms with Crippen LogP contribution in [0.25, 0.3) is 11.4 Å². The summed E-state index contributed by atoms with van der Waals surface area (Å²) in [6, 6.07) is 8.24. The zero-order chi connectivity index (χ0) is 11.8. The molecule has 2 heterocycles. The number of rotatable bonds is 1. The van der Waals surface area contributed by atoms with Gasteiger partial charge in [-0.05, 0) is 18.6 Å². The van der Waals surface area contributed by atoms with Crippen molar-refractivity contribution in [1.29, 1.82) is 0 Å². The van der Waals surface area contributed by atoms with Gasteiger partial charge in [0.1, 0.15) is 5.82 Å². The molecule has 5 heteroatoms. The maximum atomic E-state index is 5.93. The average Bonchev–Trinajstić information content (AvgIpc) is 2.72. The van der Waals surface area contributed by atoms with Crippen LogP contribution < -0.4 is 5.73 Å². The van der Waals surface area contributed by atoms with E-state index in [1.54, 1.807) is 0 Å². The fourth-order valence-corrected chi connectivity index (χ4v) is 2.48. The maximum absolute atomic E-state index is 5.93. The fraction of sp³-hybridized carbons (Fsp3) is 0.333. The van der Waals surface area contributed by atoms with Crippen molar-refractivity contribution in [3.05, 3.63) is 34.6 Å². The molecule has 0 aliphatic carbocycles. The van der Waals surface area contributed by atoms with Gasteiger partial charge in [-0.25, -0.2) is 9.67 Å². The summed E-state index contributed by atoms with van der Waals surface area (Å²) in [6.45, 7) is 0.774. The molecule has 0 saturated carbocycles. The Balaban J connectivity index is 2.00. The van der Waals surface area contributed by atoms with E-state index < -0.39 is 0 Å². The predicted octanol–water partition coefficient (Wildman–Crippen LogP) is 1.98. The van der Waals surface area contributed by atoms with E-state index >= 15 is 0 Å². The molecule has 1 aliphatic heterocycles. The van der Waals surface area contributed by atoms with Gasteiger partial charge in [-0.2, -0.15) is 5.10 Å². The highest BCUT2D eigenvalue weighted by molar-refractivity contribution is 9.10. The lowest BCUT2D eigenvalue weighted by Gasteiger charge is -2.17. The van der Waals surface area contributed by atoms with E-state index in [1.165, 1.54) is 0 Å². The summed E-state index contributed by atoms with van der Waals surface area (Å²) in [6.07, 6.45) is 1.92. The topological polar surface area (TPSA) is 56.7 Å². The molecule has 2 N–H and O–H groups in total. The summed E-state index contributed by atoms with van der Waals surface area (Å²) >= 11 is 3.46. The second kappa shape index (κ2) is 4.23. The molecule has 2 aromatic rings. The minimum Gasteiger partial charge on any atom is -0.326 e. The first-order chi connectivity index (χ1) is 8.22. The molecule has 1 unspecified atom stereocenters. The second-order valence-corrected chi connectivity index (χ2v) is 5.26. The van der Waals surface area contributed by atoms with Crippen molar-refractivity contribution < 1.29 is 0 Å². The van der Waals surface area contributed by atoms with E-state index in [0.717, 1.165) is 41.1 Å². The quantitative estimate of drug-likeness (QED) is 0.874. The van der Waals surface area contributed by atoms with Gasteiger partial charge in [0.25, 0.3) is 0 Å². The van der Waals surface area contributed by atoms with Crippen LogP contribution in [0, 0.1) is 0 Å². The normalized spacial score (nSPS) is 19.1. The lowest BCUT2D eigenvalue weighted by molar-refractivity contribution is 0.422. The summed E-state index contributed by atoms with van der Waals surface area (Å²) in [5.74, 6) is 1.83. The van der Waals surface area contributed by atoms with Gasteiger partial charge in [0.2, 0.25) is 0 Å². The van der Waals surface area contributed by atoms with Gasteiger partial charge >= 0.3 is 0 Å². The highest BCUT2D eigenvalue weighted by Gasteiger charge is 2.19. The number of hydrogen-bond donors (Lipinski definition) is 1. The van der Waals surface area contributed by atoms with Crippen LogP contribution in [-0.2, 0) is 13.0 Å². The van der Waals surface area contributed by atoms with Crippen molar-refractivity contribution in [2.45, 2.75) is 25.4 Å². The Bertz CT molecular complexity index is 549. The summed E-state index contributed by atoms with van der Waals surface area (Å²) in [5, 5.41) is 4.52. The summed E-state index contributed by atoms with van der Waals surface area (Å²) in [7, 11) is 0. The van der Waals surface area contributed by atoms with E-state index in [0.29, 0.717) is 0 Å². The van der Waals surface area contributed by atoms with Gasteiger partial charge in [0.15, 0.2) is 5.82 Å². The van der Waals surface area contributed by atoms with Gasteiger partial charge in [-0.1, -0.05) is 28.1 Å². The van der Waals surface area contributed by atoms with Gasteiger partial charge in [0, 0.05) is 22.5 Å². The highest BCUT2D eigenvalue weighted by Crippen LogP contribution is 2.22. The highest BCUT2D eigenvalue weighted by atomic mass is 79.9. The van der Waals surface area contributed by atoms with E-state index in [9.17, 15) is 0 Å². The number of fused-ring (bicyclic) bond motifs is 1. The molecule has 1 aromatic heterocycles. The van der Waals surface area contributed by atoms with E-state index in [-0.39, 0.29) is 6.04 Å². The first-order valence-electron chi connectivity index (χ1n) is 5.67. The number of nitrogens with two attached hydrogens (primary N) is 1. The number of hydrogen-bond acceptors (Lipinski definition) is 3. The number of benzene rings is 1. The Labute approximate surface area is 108 Å². The molecular formula is C12H13BrN4. The largest absolute Gasteiger partial charge is 0.326 e. The van der Waals surface area contributed by atoms with Crippen LogP contribution in [0.2, 0.25) is 0 Å². The molecule has 1 atom stereocenters. The molecule has 0 bridgehead atoms. The van der Waals surface area contributed by atoms with Crippen LogP contribution in [0.4, 0.5) is 0 Å². The third kappa shape index (κ3) is 2.12. The molecule has 0 fully saturated rings. The van der Waals surface area contributed by atoms with Gasteiger partial charge in [-0.15, -0.1) is 0 Å². The fourth-order valence-electron chi connectivity index (χ4n) is 2.08. The zero-order valence-electron chi connectivity index (χ0n) is 9.31. The lowest BCUT2D eigenvalue weighted by Crippen LogP contribution is -2.32. The van der Waals surface area contributed by atoms with Crippen molar-refractivity contribution in [2.24, 2.45) is 5.73 Å². The second-order valence-electron chi connectivity index (χ2n) is 4.34. The Kier molecular flexibility index (Phi) is 2.72. The third-order valence-electron chi connectivity index (χ3n) is 2.98. The van der Waals surface area contributed by atoms with Crippen LogP contribution in [0.15, 0.2) is 28.7 Å². The summed E-state index contributed by atoms with van der Waals surface area (Å²) in [4.78, 5) is 4.57. The average molecular weight is 293 g/mol. The van der Waals surface area contributed by atoms with Crippen molar-refractivity contribution in [2.75, 3.05) is 0 Å². The molecule has 17 heavy (non-hydrogen) atoms. The number of halogens is 1. The maximum Gasteiger partial charge on any atom is 0.181 e. The van der Waals surface area contributed by atoms with Crippen LogP contribution in [0.5, 0.6) is 0 Å². The van der Waals surface area contributed by atoms with Gasteiger partial charge in [-0.3, -0.25) is 0 Å². The minimum absolute atomic E-state index is 0.208. The molecule has 0 radical (unpaired) electrons. The van der Waals surface area contributed by atoms with Crippen LogP contribution >= 0.6 is 15.9 Å². The first kappa shape index (κ1) is 10.9. The van der Waals surface area contributed by atoms with Crippen LogP contribution in [0.3, 0.4) is 0 Å². The SMILES string of the molecule is NC1CCc2nc(-c3cccc(Br)c3)nn2C1. The monoisotopic (exact) mass is 292 g/mol. The van der Waals surface area contributed by atoms with E-state index in [2.05, 4.69) is 26.0 Å². The molecule has 0 spiro atoms. The van der Waals surface area contributed by atoms with E-state index in [1.807, 2.05) is 28.9 Å². The van der Waals surface area contributed by atoms with Gasteiger partial charge in [0.05, 0.1) is 6.54 Å². The molecule has 3 rings (SSSR count). The number of aromatic nitrogens is 3. The minimum atomic E-state index is 0.208. The standard InChI is InChI=1S/C12H13BrN4/c13-9-3-1-2-8(6-9)12-15-11-5-4-10(14)7-17(11)16-12/h1-3,6,10H,4-5,7,14H2. The molecule has 1 aromatic carbocycles. The number of aryl methyl sites for hydroxylation is 1. The van der Waals surface area contributed by atoms with Crippen LogP contribution in [0.1, 0.15) is 12.2 Å². The summed E-state index contributed by atoms with van der Waals surface area (Å²) in [5.41, 5.74) is 6.96. The number of nitrogens with zero attached hydrogens (tertiary/aromatic N) is 3. The molecule has 4 nitrogen and oxygen atoms in total. The lowest BCUT2D eigenvalue weighted by atomic mass is 10.1. The molecule has 88 valence electrons. The zero-order valence-corrected chi connectivity index (χ0v) is 10.9. The first-order valence-corrected chi connectivity index (χ1v) is 6.47. The molecule has 1 aliphatic rings. The Hall–Kier alpha value is -1.20. The summed E-state index contributed by atoms with van der Waals surface area (Å²) < 4.78 is 2.98. The van der Waals surface area contributed by atoms with Gasteiger partial charge < -0.3 is 5.73 Å². The predicted molar refractivity (Wildman–Crippen MR) is 69.5 cm³/mol. The Morgan fingerprint density at radius 2 is 2.29 bits per heavy atom. The van der Waals surface area contributed by atoms with Crippen molar-refractivity contribution in [3.8, 4) is 11.4 Å². The Morgan fingerprint density at radius 3 is 3.12 bits per heavy atom. The van der Waals surface area contributed by atoms with E-state index in [4.69, 9.17) is 5.73 Å².